The largest absolute Gasteiger partial charge is 0.497 e. The van der Waals surface area contributed by atoms with Crippen molar-refractivity contribution in [1.82, 2.24) is 9.78 Å². The number of rotatable bonds is 6. The summed E-state index contributed by atoms with van der Waals surface area (Å²) >= 11 is 5.37. The molecule has 0 aliphatic carbocycles. The van der Waals surface area contributed by atoms with Gasteiger partial charge in [-0.1, -0.05) is 6.92 Å². The van der Waals surface area contributed by atoms with Gasteiger partial charge in [0, 0.05) is 22.9 Å². The molecular weight excluding hydrogens is 350 g/mol. The number of anilines is 1. The number of halogens is 1. The first-order valence-corrected chi connectivity index (χ1v) is 8.68. The number of aryl methyl sites for hydroxylation is 2. The minimum atomic E-state index is 0.773. The maximum Gasteiger partial charge on any atom is 0.120 e. The van der Waals surface area contributed by atoms with Crippen molar-refractivity contribution in [1.29, 1.82) is 0 Å². The average molecular weight is 370 g/mol. The van der Waals surface area contributed by atoms with E-state index in [4.69, 9.17) is 10.5 Å². The van der Waals surface area contributed by atoms with Gasteiger partial charge in [-0.2, -0.15) is 5.10 Å². The molecule has 0 amide bonds. The van der Waals surface area contributed by atoms with Crippen LogP contribution in [0.1, 0.15) is 25.2 Å². The highest BCUT2D eigenvalue weighted by molar-refractivity contribution is 9.10. The van der Waals surface area contributed by atoms with Crippen LogP contribution in [0.15, 0.2) is 27.6 Å². The Kier molecular flexibility index (Phi) is 5.58. The molecule has 0 fully saturated rings. The topological polar surface area (TPSA) is 53.1 Å². The molecule has 0 atom stereocenters. The van der Waals surface area contributed by atoms with Crippen LogP contribution in [0.2, 0.25) is 0 Å². The number of nitrogens with zero attached hydrogens (tertiary/aromatic N) is 2. The average Bonchev–Trinajstić information content (AvgIpc) is 2.82. The summed E-state index contributed by atoms with van der Waals surface area (Å²) in [7, 11) is 1.66. The summed E-state index contributed by atoms with van der Waals surface area (Å²) in [5.74, 6) is 1.64. The number of ether oxygens (including phenoxy) is 1. The van der Waals surface area contributed by atoms with Crippen LogP contribution in [0.3, 0.4) is 0 Å². The van der Waals surface area contributed by atoms with Crippen molar-refractivity contribution in [2.75, 3.05) is 12.8 Å². The van der Waals surface area contributed by atoms with Crippen molar-refractivity contribution in [2.24, 2.45) is 0 Å². The van der Waals surface area contributed by atoms with E-state index in [0.29, 0.717) is 0 Å². The van der Waals surface area contributed by atoms with Gasteiger partial charge < -0.3 is 10.5 Å². The second-order valence-electron chi connectivity index (χ2n) is 4.57. The second-order valence-corrected chi connectivity index (χ2v) is 6.38. The van der Waals surface area contributed by atoms with Crippen molar-refractivity contribution in [3.63, 3.8) is 0 Å². The van der Waals surface area contributed by atoms with E-state index in [1.165, 1.54) is 5.69 Å². The monoisotopic (exact) mass is 369 g/mol. The molecule has 2 rings (SSSR count). The van der Waals surface area contributed by atoms with Crippen molar-refractivity contribution in [2.45, 2.75) is 37.5 Å². The maximum absolute atomic E-state index is 6.04. The maximum atomic E-state index is 6.04. The molecular formula is C15H20BrN3OS. The lowest BCUT2D eigenvalue weighted by Gasteiger charge is -2.09. The number of thioether (sulfide) groups is 1. The molecule has 21 heavy (non-hydrogen) atoms. The molecule has 0 aliphatic heterocycles. The highest BCUT2D eigenvalue weighted by Crippen LogP contribution is 2.34. The van der Waals surface area contributed by atoms with Gasteiger partial charge in [0.1, 0.15) is 5.75 Å². The molecule has 2 N–H and O–H groups in total. The lowest BCUT2D eigenvalue weighted by Crippen LogP contribution is -2.02. The summed E-state index contributed by atoms with van der Waals surface area (Å²) in [6.07, 6.45) is 0.923. The molecule has 1 aromatic heterocycles. The molecule has 1 aromatic carbocycles. The quantitative estimate of drug-likeness (QED) is 0.614. The number of benzene rings is 1. The van der Waals surface area contributed by atoms with Crippen LogP contribution in [-0.4, -0.2) is 16.9 Å². The zero-order valence-corrected chi connectivity index (χ0v) is 14.9. The van der Waals surface area contributed by atoms with Crippen LogP contribution < -0.4 is 10.5 Å². The van der Waals surface area contributed by atoms with E-state index >= 15 is 0 Å². The highest BCUT2D eigenvalue weighted by atomic mass is 79.9. The minimum Gasteiger partial charge on any atom is -0.497 e. The van der Waals surface area contributed by atoms with Gasteiger partial charge in [0.05, 0.1) is 23.0 Å². The molecule has 0 unspecified atom stereocenters. The minimum absolute atomic E-state index is 0.773. The fourth-order valence-electron chi connectivity index (χ4n) is 2.07. The number of methoxy groups -OCH3 is 1. The van der Waals surface area contributed by atoms with Crippen LogP contribution >= 0.6 is 27.7 Å². The zero-order chi connectivity index (χ0) is 15.4. The third-order valence-corrected chi connectivity index (χ3v) is 5.28. The molecule has 0 saturated carbocycles. The Labute approximate surface area is 138 Å². The van der Waals surface area contributed by atoms with Crippen molar-refractivity contribution in [3.8, 4) is 5.75 Å². The van der Waals surface area contributed by atoms with E-state index in [0.717, 1.165) is 45.2 Å². The first-order chi connectivity index (χ1) is 10.1. The standard InChI is InChI=1S/C15H20BrN3OS/c1-4-12-15(16)13(19(5-2)18-12)9-21-14-8-10(20-3)6-7-11(14)17/h6-8H,4-5,9,17H2,1-3H3. The molecule has 2 aromatic rings. The summed E-state index contributed by atoms with van der Waals surface area (Å²) in [6, 6.07) is 5.73. The van der Waals surface area contributed by atoms with Gasteiger partial charge in [-0.15, -0.1) is 11.8 Å². The molecule has 1 heterocycles. The van der Waals surface area contributed by atoms with Crippen molar-refractivity contribution in [3.05, 3.63) is 34.1 Å². The Morgan fingerprint density at radius 2 is 2.14 bits per heavy atom. The third kappa shape index (κ3) is 3.55. The number of nitrogen functional groups attached to an aromatic ring is 1. The van der Waals surface area contributed by atoms with E-state index in [2.05, 4.69) is 34.9 Å². The van der Waals surface area contributed by atoms with Crippen molar-refractivity contribution >= 4 is 33.4 Å². The van der Waals surface area contributed by atoms with Crippen LogP contribution in [0.4, 0.5) is 5.69 Å². The second kappa shape index (κ2) is 7.22. The predicted octanol–water partition coefficient (Wildman–Crippen LogP) is 4.11. The molecule has 0 spiro atoms. The Bertz CT molecular complexity index is 628. The van der Waals surface area contributed by atoms with Crippen LogP contribution in [0.25, 0.3) is 0 Å². The summed E-state index contributed by atoms with van der Waals surface area (Å²) in [5.41, 5.74) is 9.11. The summed E-state index contributed by atoms with van der Waals surface area (Å²) in [5, 5.41) is 4.62. The number of hydrogen-bond donors (Lipinski definition) is 1. The van der Waals surface area contributed by atoms with E-state index < -0.39 is 0 Å². The molecule has 114 valence electrons. The lowest BCUT2D eigenvalue weighted by atomic mass is 10.3. The highest BCUT2D eigenvalue weighted by Gasteiger charge is 2.14. The predicted molar refractivity (Wildman–Crippen MR) is 91.9 cm³/mol. The van der Waals surface area contributed by atoms with Gasteiger partial charge in [-0.05, 0) is 47.5 Å². The van der Waals surface area contributed by atoms with E-state index in [1.54, 1.807) is 18.9 Å². The van der Waals surface area contributed by atoms with Crippen LogP contribution in [0.5, 0.6) is 5.75 Å². The van der Waals surface area contributed by atoms with E-state index in [9.17, 15) is 0 Å². The van der Waals surface area contributed by atoms with E-state index in [1.807, 2.05) is 22.9 Å². The Hall–Kier alpha value is -1.14. The Morgan fingerprint density at radius 3 is 2.76 bits per heavy atom. The van der Waals surface area contributed by atoms with Crippen LogP contribution in [0, 0.1) is 0 Å². The van der Waals surface area contributed by atoms with Gasteiger partial charge in [0.25, 0.3) is 0 Å². The summed E-state index contributed by atoms with van der Waals surface area (Å²) < 4.78 is 8.42. The zero-order valence-electron chi connectivity index (χ0n) is 12.5. The fraction of sp³-hybridized carbons (Fsp3) is 0.400. The van der Waals surface area contributed by atoms with Gasteiger partial charge in [-0.25, -0.2) is 0 Å². The Morgan fingerprint density at radius 1 is 1.38 bits per heavy atom. The van der Waals surface area contributed by atoms with Gasteiger partial charge in [0.2, 0.25) is 0 Å². The van der Waals surface area contributed by atoms with Crippen LogP contribution in [-0.2, 0) is 18.7 Å². The van der Waals surface area contributed by atoms with Gasteiger partial charge in [-0.3, -0.25) is 4.68 Å². The smallest absolute Gasteiger partial charge is 0.120 e. The molecule has 0 radical (unpaired) electrons. The summed E-state index contributed by atoms with van der Waals surface area (Å²) in [6.45, 7) is 5.08. The van der Waals surface area contributed by atoms with Gasteiger partial charge in [0.15, 0.2) is 0 Å². The fourth-order valence-corrected chi connectivity index (χ4v) is 3.98. The number of aromatic nitrogens is 2. The summed E-state index contributed by atoms with van der Waals surface area (Å²) in [4.78, 5) is 1.03. The number of nitrogens with two attached hydrogens (primary N) is 1. The van der Waals surface area contributed by atoms with E-state index in [-0.39, 0.29) is 0 Å². The number of hydrogen-bond acceptors (Lipinski definition) is 4. The molecule has 0 bridgehead atoms. The van der Waals surface area contributed by atoms with Crippen molar-refractivity contribution < 1.29 is 4.74 Å². The third-order valence-electron chi connectivity index (χ3n) is 3.28. The van der Waals surface area contributed by atoms with Gasteiger partial charge >= 0.3 is 0 Å². The molecule has 0 saturated heterocycles. The molecule has 0 aliphatic rings. The molecule has 4 nitrogen and oxygen atoms in total. The first-order valence-electron chi connectivity index (χ1n) is 6.91. The SMILES string of the molecule is CCc1nn(CC)c(CSc2cc(OC)ccc2N)c1Br. The lowest BCUT2D eigenvalue weighted by molar-refractivity contribution is 0.414. The normalized spacial score (nSPS) is 10.9. The first kappa shape index (κ1) is 16.2. The molecule has 6 heteroatoms. The Balaban J connectivity index is 2.22.